The molecular formula is C14H19N3O3. The first-order valence-electron chi connectivity index (χ1n) is 6.81. The molecule has 1 aliphatic rings. The number of amides is 2. The van der Waals surface area contributed by atoms with Gasteiger partial charge in [0.25, 0.3) is 0 Å². The SMILES string of the molecule is O=C(O)C1CCCN(C(=O)NCCc2cccnc2)C1. The zero-order chi connectivity index (χ0) is 14.4. The predicted octanol–water partition coefficient (Wildman–Crippen LogP) is 1.13. The number of rotatable bonds is 4. The number of hydrogen-bond acceptors (Lipinski definition) is 3. The van der Waals surface area contributed by atoms with E-state index in [-0.39, 0.29) is 6.03 Å². The molecule has 0 aliphatic carbocycles. The second kappa shape index (κ2) is 6.88. The molecule has 2 amide bonds. The summed E-state index contributed by atoms with van der Waals surface area (Å²) in [7, 11) is 0. The van der Waals surface area contributed by atoms with Gasteiger partial charge in [0, 0.05) is 32.0 Å². The number of carbonyl (C=O) groups excluding carboxylic acids is 1. The summed E-state index contributed by atoms with van der Waals surface area (Å²) in [4.78, 5) is 28.5. The molecule has 108 valence electrons. The van der Waals surface area contributed by atoms with E-state index in [9.17, 15) is 9.59 Å². The van der Waals surface area contributed by atoms with Crippen LogP contribution >= 0.6 is 0 Å². The third-order valence-electron chi connectivity index (χ3n) is 3.47. The number of pyridine rings is 1. The van der Waals surface area contributed by atoms with E-state index in [0.29, 0.717) is 26.1 Å². The van der Waals surface area contributed by atoms with E-state index in [2.05, 4.69) is 10.3 Å². The highest BCUT2D eigenvalue weighted by Gasteiger charge is 2.27. The Kier molecular flexibility index (Phi) is 4.92. The van der Waals surface area contributed by atoms with E-state index < -0.39 is 11.9 Å². The van der Waals surface area contributed by atoms with Crippen molar-refractivity contribution in [1.82, 2.24) is 15.2 Å². The summed E-state index contributed by atoms with van der Waals surface area (Å²) in [6.07, 6.45) is 5.59. The highest BCUT2D eigenvalue weighted by atomic mass is 16.4. The van der Waals surface area contributed by atoms with E-state index in [1.807, 2.05) is 12.1 Å². The molecule has 0 bridgehead atoms. The smallest absolute Gasteiger partial charge is 0.317 e. The van der Waals surface area contributed by atoms with Crippen LogP contribution in [0.2, 0.25) is 0 Å². The minimum Gasteiger partial charge on any atom is -0.481 e. The molecule has 1 fully saturated rings. The van der Waals surface area contributed by atoms with E-state index >= 15 is 0 Å². The van der Waals surface area contributed by atoms with Gasteiger partial charge in [0.2, 0.25) is 0 Å². The van der Waals surface area contributed by atoms with Gasteiger partial charge in [-0.05, 0) is 30.9 Å². The van der Waals surface area contributed by atoms with Crippen LogP contribution in [0.3, 0.4) is 0 Å². The first-order chi connectivity index (χ1) is 9.66. The average molecular weight is 277 g/mol. The van der Waals surface area contributed by atoms with Crippen molar-refractivity contribution in [2.24, 2.45) is 5.92 Å². The summed E-state index contributed by atoms with van der Waals surface area (Å²) in [6, 6.07) is 3.64. The molecule has 2 N–H and O–H groups in total. The molecule has 0 saturated carbocycles. The van der Waals surface area contributed by atoms with Crippen molar-refractivity contribution in [2.45, 2.75) is 19.3 Å². The molecule has 1 atom stereocenters. The summed E-state index contributed by atoms with van der Waals surface area (Å²) in [5, 5.41) is 11.8. The number of urea groups is 1. The molecule has 6 heteroatoms. The normalized spacial score (nSPS) is 18.6. The highest BCUT2D eigenvalue weighted by Crippen LogP contribution is 2.16. The molecule has 1 aromatic heterocycles. The number of aromatic nitrogens is 1. The van der Waals surface area contributed by atoms with Crippen LogP contribution in [0.15, 0.2) is 24.5 Å². The fraction of sp³-hybridized carbons (Fsp3) is 0.500. The van der Waals surface area contributed by atoms with Gasteiger partial charge in [-0.25, -0.2) is 4.79 Å². The Morgan fingerprint density at radius 2 is 2.35 bits per heavy atom. The average Bonchev–Trinajstić information content (AvgIpc) is 2.48. The van der Waals surface area contributed by atoms with E-state index in [0.717, 1.165) is 18.4 Å². The number of nitrogens with one attached hydrogen (secondary N) is 1. The van der Waals surface area contributed by atoms with Gasteiger partial charge in [-0.3, -0.25) is 9.78 Å². The number of likely N-dealkylation sites (tertiary alicyclic amines) is 1. The standard InChI is InChI=1S/C14H19N3O3/c18-13(19)12-4-2-8-17(10-12)14(20)16-7-5-11-3-1-6-15-9-11/h1,3,6,9,12H,2,4-5,7-8,10H2,(H,16,20)(H,18,19). The molecule has 0 aromatic carbocycles. The van der Waals surface area contributed by atoms with Crippen LogP contribution < -0.4 is 5.32 Å². The molecule has 6 nitrogen and oxygen atoms in total. The number of carboxylic acid groups (broad SMARTS) is 1. The number of carboxylic acids is 1. The van der Waals surface area contributed by atoms with Crippen LogP contribution in [0.25, 0.3) is 0 Å². The van der Waals surface area contributed by atoms with Gasteiger partial charge in [-0.1, -0.05) is 6.07 Å². The lowest BCUT2D eigenvalue weighted by molar-refractivity contribution is -0.143. The lowest BCUT2D eigenvalue weighted by atomic mass is 9.99. The number of carbonyl (C=O) groups is 2. The predicted molar refractivity (Wildman–Crippen MR) is 73.3 cm³/mol. The number of aliphatic carboxylic acids is 1. The molecule has 1 saturated heterocycles. The Balaban J connectivity index is 1.75. The maximum atomic E-state index is 12.0. The summed E-state index contributed by atoms with van der Waals surface area (Å²) in [5.74, 6) is -1.26. The van der Waals surface area contributed by atoms with Crippen LogP contribution in [0.4, 0.5) is 4.79 Å². The molecule has 2 rings (SSSR count). The Bertz CT molecular complexity index is 464. The third-order valence-corrected chi connectivity index (χ3v) is 3.47. The largest absolute Gasteiger partial charge is 0.481 e. The second-order valence-corrected chi connectivity index (χ2v) is 4.97. The van der Waals surface area contributed by atoms with E-state index in [1.165, 1.54) is 0 Å². The van der Waals surface area contributed by atoms with Crippen LogP contribution in [-0.4, -0.2) is 46.6 Å². The minimum absolute atomic E-state index is 0.181. The van der Waals surface area contributed by atoms with Crippen molar-refractivity contribution in [2.75, 3.05) is 19.6 Å². The summed E-state index contributed by atoms with van der Waals surface area (Å²) in [6.45, 7) is 1.45. The van der Waals surface area contributed by atoms with Crippen molar-refractivity contribution in [3.63, 3.8) is 0 Å². The molecule has 1 aromatic rings. The van der Waals surface area contributed by atoms with Gasteiger partial charge in [-0.15, -0.1) is 0 Å². The lowest BCUT2D eigenvalue weighted by Crippen LogP contribution is -2.47. The first kappa shape index (κ1) is 14.3. The number of piperidine rings is 1. The maximum Gasteiger partial charge on any atom is 0.317 e. The van der Waals surface area contributed by atoms with E-state index in [4.69, 9.17) is 5.11 Å². The topological polar surface area (TPSA) is 82.5 Å². The maximum absolute atomic E-state index is 12.0. The second-order valence-electron chi connectivity index (χ2n) is 4.97. The minimum atomic E-state index is -0.821. The van der Waals surface area contributed by atoms with Crippen LogP contribution in [-0.2, 0) is 11.2 Å². The van der Waals surface area contributed by atoms with Crippen LogP contribution in [0.5, 0.6) is 0 Å². The molecule has 0 spiro atoms. The van der Waals surface area contributed by atoms with E-state index in [1.54, 1.807) is 17.3 Å². The quantitative estimate of drug-likeness (QED) is 0.864. The highest BCUT2D eigenvalue weighted by molar-refractivity contribution is 5.76. The zero-order valence-electron chi connectivity index (χ0n) is 11.3. The van der Waals surface area contributed by atoms with Crippen LogP contribution in [0, 0.1) is 5.92 Å². The molecular weight excluding hydrogens is 258 g/mol. The Hall–Kier alpha value is -2.11. The van der Waals surface area contributed by atoms with Crippen molar-refractivity contribution in [3.05, 3.63) is 30.1 Å². The fourth-order valence-electron chi connectivity index (χ4n) is 2.33. The summed E-state index contributed by atoms with van der Waals surface area (Å²) < 4.78 is 0. The van der Waals surface area contributed by atoms with Gasteiger partial charge < -0.3 is 15.3 Å². The van der Waals surface area contributed by atoms with Crippen molar-refractivity contribution >= 4 is 12.0 Å². The fourth-order valence-corrected chi connectivity index (χ4v) is 2.33. The number of nitrogens with zero attached hydrogens (tertiary/aromatic N) is 2. The van der Waals surface area contributed by atoms with Gasteiger partial charge in [-0.2, -0.15) is 0 Å². The van der Waals surface area contributed by atoms with Gasteiger partial charge in [0.1, 0.15) is 0 Å². The zero-order valence-corrected chi connectivity index (χ0v) is 11.3. The first-order valence-corrected chi connectivity index (χ1v) is 6.81. The summed E-state index contributed by atoms with van der Waals surface area (Å²) >= 11 is 0. The monoisotopic (exact) mass is 277 g/mol. The van der Waals surface area contributed by atoms with Gasteiger partial charge in [0.15, 0.2) is 0 Å². The molecule has 2 heterocycles. The molecule has 0 radical (unpaired) electrons. The Morgan fingerprint density at radius 3 is 3.05 bits per heavy atom. The molecule has 1 aliphatic heterocycles. The van der Waals surface area contributed by atoms with Gasteiger partial charge >= 0.3 is 12.0 Å². The Morgan fingerprint density at radius 1 is 1.50 bits per heavy atom. The molecule has 20 heavy (non-hydrogen) atoms. The lowest BCUT2D eigenvalue weighted by Gasteiger charge is -2.30. The number of hydrogen-bond donors (Lipinski definition) is 2. The molecule has 1 unspecified atom stereocenters. The third kappa shape index (κ3) is 3.94. The van der Waals surface area contributed by atoms with Gasteiger partial charge in [0.05, 0.1) is 5.92 Å². The van der Waals surface area contributed by atoms with Crippen molar-refractivity contribution in [3.8, 4) is 0 Å². The van der Waals surface area contributed by atoms with Crippen molar-refractivity contribution in [1.29, 1.82) is 0 Å². The summed E-state index contributed by atoms with van der Waals surface area (Å²) in [5.41, 5.74) is 1.06. The Labute approximate surface area is 117 Å². The van der Waals surface area contributed by atoms with Crippen LogP contribution in [0.1, 0.15) is 18.4 Å². The van der Waals surface area contributed by atoms with Crippen molar-refractivity contribution < 1.29 is 14.7 Å².